The minimum atomic E-state index is -0.714. The van der Waals surface area contributed by atoms with Gasteiger partial charge in [-0.3, -0.25) is 4.79 Å². The number of carbonyl (C=O) groups excluding carboxylic acids is 1. The van der Waals surface area contributed by atoms with Gasteiger partial charge in [-0.2, -0.15) is 0 Å². The summed E-state index contributed by atoms with van der Waals surface area (Å²) in [6.45, 7) is 1.91. The minimum Gasteiger partial charge on any atom is -0.386 e. The molecule has 1 aliphatic rings. The number of benzene rings is 3. The second-order valence-electron chi connectivity index (χ2n) is 7.94. The van der Waals surface area contributed by atoms with E-state index in [0.717, 1.165) is 5.56 Å². The van der Waals surface area contributed by atoms with Crippen LogP contribution >= 0.6 is 0 Å². The minimum absolute atomic E-state index is 0.0928. The molecule has 148 valence electrons. The van der Waals surface area contributed by atoms with Gasteiger partial charge in [0.05, 0.1) is 18.1 Å². The predicted octanol–water partition coefficient (Wildman–Crippen LogP) is 4.76. The fraction of sp³-hybridized carbons (Fsp3) is 0.269. The van der Waals surface area contributed by atoms with Crippen LogP contribution in [0, 0.1) is 5.92 Å². The number of rotatable bonds is 6. The van der Waals surface area contributed by atoms with Crippen molar-refractivity contribution < 1.29 is 9.90 Å². The Kier molecular flexibility index (Phi) is 5.50. The Hall–Kier alpha value is -2.91. The van der Waals surface area contributed by atoms with E-state index in [1.54, 1.807) is 4.90 Å². The number of hydrogen-bond acceptors (Lipinski definition) is 2. The number of aliphatic hydroxyl groups excluding tert-OH is 1. The summed E-state index contributed by atoms with van der Waals surface area (Å²) in [4.78, 5) is 15.2. The maximum atomic E-state index is 13.5. The van der Waals surface area contributed by atoms with E-state index >= 15 is 0 Å². The smallest absolute Gasteiger partial charge is 0.227 e. The summed E-state index contributed by atoms with van der Waals surface area (Å²) in [5, 5.41) is 10.8. The normalized spacial score (nSPS) is 22.5. The van der Waals surface area contributed by atoms with E-state index in [1.165, 1.54) is 11.1 Å². The van der Waals surface area contributed by atoms with Gasteiger partial charge in [0, 0.05) is 18.9 Å². The molecule has 1 aliphatic carbocycles. The van der Waals surface area contributed by atoms with Crippen LogP contribution in [-0.4, -0.2) is 29.0 Å². The van der Waals surface area contributed by atoms with Crippen molar-refractivity contribution in [2.24, 2.45) is 5.92 Å². The number of amides is 1. The maximum Gasteiger partial charge on any atom is 0.227 e. The first-order valence-electron chi connectivity index (χ1n) is 10.2. The van der Waals surface area contributed by atoms with Gasteiger partial charge in [-0.1, -0.05) is 91.0 Å². The van der Waals surface area contributed by atoms with Gasteiger partial charge in [0.2, 0.25) is 5.91 Å². The number of likely N-dealkylation sites (N-methyl/N-ethyl adjacent to an activating group) is 1. The van der Waals surface area contributed by atoms with Crippen molar-refractivity contribution in [2.45, 2.75) is 30.9 Å². The van der Waals surface area contributed by atoms with Gasteiger partial charge in [0.25, 0.3) is 0 Å². The van der Waals surface area contributed by atoms with Crippen molar-refractivity contribution in [3.8, 4) is 0 Å². The zero-order valence-corrected chi connectivity index (χ0v) is 16.8. The molecule has 0 unspecified atom stereocenters. The van der Waals surface area contributed by atoms with Gasteiger partial charge < -0.3 is 10.0 Å². The van der Waals surface area contributed by atoms with Gasteiger partial charge >= 0.3 is 0 Å². The van der Waals surface area contributed by atoms with E-state index in [4.69, 9.17) is 0 Å². The second-order valence-corrected chi connectivity index (χ2v) is 7.94. The van der Waals surface area contributed by atoms with Crippen LogP contribution in [0.15, 0.2) is 91.0 Å². The molecule has 0 bridgehead atoms. The van der Waals surface area contributed by atoms with Crippen molar-refractivity contribution in [1.29, 1.82) is 0 Å². The topological polar surface area (TPSA) is 40.5 Å². The quantitative estimate of drug-likeness (QED) is 0.664. The molecule has 0 heterocycles. The first-order chi connectivity index (χ1) is 14.1. The van der Waals surface area contributed by atoms with E-state index in [1.807, 2.05) is 80.7 Å². The van der Waals surface area contributed by atoms with Crippen molar-refractivity contribution in [3.05, 3.63) is 108 Å². The molecule has 4 atom stereocenters. The Balaban J connectivity index is 1.57. The molecule has 3 nitrogen and oxygen atoms in total. The van der Waals surface area contributed by atoms with Crippen LogP contribution in [0.25, 0.3) is 0 Å². The molecule has 3 aromatic carbocycles. The SMILES string of the molecule is C[C@H]([C@H](O)c1ccccc1)N(C)C(=O)C1[C@H](c2ccccc2)[C@H]1c1ccccc1. The number of nitrogens with zero attached hydrogens (tertiary/aromatic N) is 1. The third-order valence-electron chi connectivity index (χ3n) is 6.23. The summed E-state index contributed by atoms with van der Waals surface area (Å²) in [6, 6.07) is 29.8. The number of carbonyl (C=O) groups is 1. The highest BCUT2D eigenvalue weighted by atomic mass is 16.3. The Morgan fingerprint density at radius 3 is 1.66 bits per heavy atom. The highest BCUT2D eigenvalue weighted by Crippen LogP contribution is 2.61. The van der Waals surface area contributed by atoms with E-state index in [0.29, 0.717) is 0 Å². The molecule has 1 fully saturated rings. The highest BCUT2D eigenvalue weighted by molar-refractivity contribution is 5.85. The van der Waals surface area contributed by atoms with Crippen LogP contribution in [0.5, 0.6) is 0 Å². The molecule has 1 amide bonds. The van der Waals surface area contributed by atoms with E-state index in [9.17, 15) is 9.90 Å². The van der Waals surface area contributed by atoms with E-state index < -0.39 is 6.10 Å². The summed E-state index contributed by atoms with van der Waals surface area (Å²) in [5.74, 6) is 0.342. The molecule has 0 aromatic heterocycles. The van der Waals surface area contributed by atoms with Crippen molar-refractivity contribution in [1.82, 2.24) is 4.90 Å². The lowest BCUT2D eigenvalue weighted by Gasteiger charge is -2.29. The van der Waals surface area contributed by atoms with Crippen molar-refractivity contribution in [3.63, 3.8) is 0 Å². The number of aliphatic hydroxyl groups is 1. The second kappa shape index (κ2) is 8.22. The summed E-state index contributed by atoms with van der Waals surface area (Å²) >= 11 is 0. The van der Waals surface area contributed by atoms with Crippen molar-refractivity contribution in [2.75, 3.05) is 7.05 Å². The zero-order valence-electron chi connectivity index (χ0n) is 16.8. The molecule has 1 saturated carbocycles. The van der Waals surface area contributed by atoms with Crippen LogP contribution < -0.4 is 0 Å². The lowest BCUT2D eigenvalue weighted by atomic mass is 10.0. The Labute approximate surface area is 172 Å². The Bertz CT molecular complexity index is 897. The average molecular weight is 386 g/mol. The Morgan fingerprint density at radius 2 is 1.21 bits per heavy atom. The van der Waals surface area contributed by atoms with Crippen LogP contribution in [0.2, 0.25) is 0 Å². The molecule has 1 N–H and O–H groups in total. The summed E-state index contributed by atoms with van der Waals surface area (Å²) in [5.41, 5.74) is 3.23. The van der Waals surface area contributed by atoms with Gasteiger partial charge in [-0.15, -0.1) is 0 Å². The first-order valence-corrected chi connectivity index (χ1v) is 10.2. The fourth-order valence-corrected chi connectivity index (χ4v) is 4.37. The molecular weight excluding hydrogens is 358 g/mol. The molecule has 3 aromatic rings. The summed E-state index contributed by atoms with van der Waals surface area (Å²) < 4.78 is 0. The lowest BCUT2D eigenvalue weighted by Crippen LogP contribution is -2.40. The van der Waals surface area contributed by atoms with Crippen LogP contribution in [0.4, 0.5) is 0 Å². The van der Waals surface area contributed by atoms with Crippen molar-refractivity contribution >= 4 is 5.91 Å². The van der Waals surface area contributed by atoms with Gasteiger partial charge in [-0.25, -0.2) is 0 Å². The first kappa shape index (κ1) is 19.4. The maximum absolute atomic E-state index is 13.5. The standard InChI is InChI=1S/C26H27NO2/c1-18(25(28)21-16-10-5-11-17-21)27(2)26(29)24-22(19-12-6-3-7-13-19)23(24)20-14-8-4-9-15-20/h3-18,22-25,28H,1-2H3/t18-,22-,23-,25+/m1/s1. The van der Waals surface area contributed by atoms with Crippen LogP contribution in [0.1, 0.15) is 41.6 Å². The van der Waals surface area contributed by atoms with Crippen LogP contribution in [-0.2, 0) is 4.79 Å². The van der Waals surface area contributed by atoms with E-state index in [2.05, 4.69) is 24.3 Å². The predicted molar refractivity (Wildman–Crippen MR) is 115 cm³/mol. The third kappa shape index (κ3) is 3.83. The van der Waals surface area contributed by atoms with Gasteiger partial charge in [0.15, 0.2) is 0 Å². The highest BCUT2D eigenvalue weighted by Gasteiger charge is 2.57. The third-order valence-corrected chi connectivity index (χ3v) is 6.23. The molecule has 0 aliphatic heterocycles. The molecular formula is C26H27NO2. The molecule has 0 saturated heterocycles. The monoisotopic (exact) mass is 385 g/mol. The number of hydrogen-bond donors (Lipinski definition) is 1. The van der Waals surface area contributed by atoms with Gasteiger partial charge in [0.1, 0.15) is 0 Å². The lowest BCUT2D eigenvalue weighted by molar-refractivity contribution is -0.135. The zero-order chi connectivity index (χ0) is 20.4. The van der Waals surface area contributed by atoms with E-state index in [-0.39, 0.29) is 29.7 Å². The molecule has 0 spiro atoms. The molecule has 3 heteroatoms. The molecule has 0 radical (unpaired) electrons. The summed E-state index contributed by atoms with van der Waals surface area (Å²) in [6.07, 6.45) is -0.714. The average Bonchev–Trinajstić information content (AvgIpc) is 3.54. The molecule has 29 heavy (non-hydrogen) atoms. The fourth-order valence-electron chi connectivity index (χ4n) is 4.37. The summed E-state index contributed by atoms with van der Waals surface area (Å²) in [7, 11) is 1.81. The van der Waals surface area contributed by atoms with Crippen LogP contribution in [0.3, 0.4) is 0 Å². The largest absolute Gasteiger partial charge is 0.386 e. The Morgan fingerprint density at radius 1 is 0.793 bits per heavy atom. The molecule has 4 rings (SSSR count). The van der Waals surface area contributed by atoms with Gasteiger partial charge in [-0.05, 0) is 23.6 Å².